The molecule has 0 bridgehead atoms. The van der Waals surface area contributed by atoms with Crippen molar-refractivity contribution in [1.29, 1.82) is 0 Å². The maximum Gasteiger partial charge on any atom is 0.195 e. The van der Waals surface area contributed by atoms with Gasteiger partial charge in [-0.3, -0.25) is 0 Å². The SMILES string of the molecule is CN(C)C(=NCc1ncn(Cc2cccc(F)c2)n1)N(C)C. The van der Waals surface area contributed by atoms with E-state index in [1.54, 1.807) is 17.1 Å². The predicted molar refractivity (Wildman–Crippen MR) is 84.0 cm³/mol. The molecule has 22 heavy (non-hydrogen) atoms. The Labute approximate surface area is 129 Å². The first-order chi connectivity index (χ1) is 10.5. The minimum Gasteiger partial charge on any atom is -0.349 e. The third-order valence-electron chi connectivity index (χ3n) is 2.98. The van der Waals surface area contributed by atoms with Crippen molar-refractivity contribution in [3.05, 3.63) is 47.8 Å². The number of hydrogen-bond donors (Lipinski definition) is 0. The van der Waals surface area contributed by atoms with Gasteiger partial charge in [0.1, 0.15) is 18.7 Å². The van der Waals surface area contributed by atoms with Gasteiger partial charge >= 0.3 is 0 Å². The molecule has 6 nitrogen and oxygen atoms in total. The topological polar surface area (TPSA) is 49.6 Å². The minimum absolute atomic E-state index is 0.246. The molecule has 1 heterocycles. The second-order valence-electron chi connectivity index (χ2n) is 5.39. The van der Waals surface area contributed by atoms with Crippen molar-refractivity contribution in [2.75, 3.05) is 28.2 Å². The summed E-state index contributed by atoms with van der Waals surface area (Å²) >= 11 is 0. The summed E-state index contributed by atoms with van der Waals surface area (Å²) in [7, 11) is 7.76. The van der Waals surface area contributed by atoms with E-state index in [0.717, 1.165) is 11.5 Å². The zero-order valence-electron chi connectivity index (χ0n) is 13.4. The molecule has 0 saturated carbocycles. The number of aromatic nitrogens is 3. The molecule has 7 heteroatoms. The first kappa shape index (κ1) is 15.9. The summed E-state index contributed by atoms with van der Waals surface area (Å²) in [5, 5.41) is 4.36. The van der Waals surface area contributed by atoms with Crippen molar-refractivity contribution >= 4 is 5.96 Å². The fourth-order valence-corrected chi connectivity index (χ4v) is 2.13. The van der Waals surface area contributed by atoms with Gasteiger partial charge in [-0.25, -0.2) is 19.0 Å². The van der Waals surface area contributed by atoms with Crippen molar-refractivity contribution in [2.24, 2.45) is 4.99 Å². The number of rotatable bonds is 4. The van der Waals surface area contributed by atoms with Crippen molar-refractivity contribution in [3.8, 4) is 0 Å². The van der Waals surface area contributed by atoms with Crippen LogP contribution in [-0.2, 0) is 13.1 Å². The molecule has 0 N–H and O–H groups in total. The number of aliphatic imine (C=N–C) groups is 1. The van der Waals surface area contributed by atoms with E-state index in [1.165, 1.54) is 12.1 Å². The van der Waals surface area contributed by atoms with Crippen LogP contribution in [0.15, 0.2) is 35.6 Å². The smallest absolute Gasteiger partial charge is 0.195 e. The summed E-state index contributed by atoms with van der Waals surface area (Å²) < 4.78 is 14.8. The first-order valence-electron chi connectivity index (χ1n) is 6.97. The Balaban J connectivity index is 2.04. The second-order valence-corrected chi connectivity index (χ2v) is 5.39. The van der Waals surface area contributed by atoms with E-state index in [0.29, 0.717) is 18.9 Å². The van der Waals surface area contributed by atoms with Crippen LogP contribution in [0.3, 0.4) is 0 Å². The number of nitrogens with zero attached hydrogens (tertiary/aromatic N) is 6. The van der Waals surface area contributed by atoms with E-state index in [2.05, 4.69) is 15.1 Å². The Morgan fingerprint density at radius 3 is 2.59 bits per heavy atom. The number of guanidine groups is 1. The molecule has 0 saturated heterocycles. The molecule has 0 atom stereocenters. The quantitative estimate of drug-likeness (QED) is 0.633. The van der Waals surface area contributed by atoms with Gasteiger partial charge in [0.15, 0.2) is 11.8 Å². The van der Waals surface area contributed by atoms with E-state index >= 15 is 0 Å². The maximum atomic E-state index is 13.2. The van der Waals surface area contributed by atoms with E-state index in [1.807, 2.05) is 44.1 Å². The summed E-state index contributed by atoms with van der Waals surface area (Å²) in [5.74, 6) is 1.24. The van der Waals surface area contributed by atoms with Crippen LogP contribution in [0.4, 0.5) is 4.39 Å². The van der Waals surface area contributed by atoms with Gasteiger partial charge in [0, 0.05) is 28.2 Å². The molecule has 0 aliphatic carbocycles. The van der Waals surface area contributed by atoms with Gasteiger partial charge in [-0.05, 0) is 17.7 Å². The van der Waals surface area contributed by atoms with Crippen LogP contribution in [0, 0.1) is 5.82 Å². The van der Waals surface area contributed by atoms with Gasteiger partial charge in [-0.15, -0.1) is 0 Å². The maximum absolute atomic E-state index is 13.2. The average molecular weight is 304 g/mol. The normalized spacial score (nSPS) is 10.4. The van der Waals surface area contributed by atoms with Gasteiger partial charge in [0.05, 0.1) is 6.54 Å². The summed E-state index contributed by atoms with van der Waals surface area (Å²) in [6, 6.07) is 6.47. The molecule has 1 aromatic heterocycles. The monoisotopic (exact) mass is 304 g/mol. The van der Waals surface area contributed by atoms with E-state index < -0.39 is 0 Å². The van der Waals surface area contributed by atoms with Crippen molar-refractivity contribution in [2.45, 2.75) is 13.1 Å². The molecule has 2 rings (SSSR count). The zero-order valence-corrected chi connectivity index (χ0v) is 13.4. The van der Waals surface area contributed by atoms with Crippen LogP contribution in [0.2, 0.25) is 0 Å². The molecule has 0 radical (unpaired) electrons. The van der Waals surface area contributed by atoms with Gasteiger partial charge in [0.25, 0.3) is 0 Å². The van der Waals surface area contributed by atoms with Gasteiger partial charge in [0.2, 0.25) is 0 Å². The zero-order chi connectivity index (χ0) is 16.1. The fourth-order valence-electron chi connectivity index (χ4n) is 2.13. The van der Waals surface area contributed by atoms with Crippen LogP contribution < -0.4 is 0 Å². The molecule has 0 spiro atoms. The third-order valence-corrected chi connectivity index (χ3v) is 2.98. The summed E-state index contributed by atoms with van der Waals surface area (Å²) in [6.45, 7) is 0.893. The van der Waals surface area contributed by atoms with Gasteiger partial charge < -0.3 is 9.80 Å². The highest BCUT2D eigenvalue weighted by Crippen LogP contribution is 2.05. The van der Waals surface area contributed by atoms with Crippen LogP contribution in [0.1, 0.15) is 11.4 Å². The Hall–Kier alpha value is -2.44. The highest BCUT2D eigenvalue weighted by Gasteiger charge is 2.06. The van der Waals surface area contributed by atoms with E-state index in [9.17, 15) is 4.39 Å². The van der Waals surface area contributed by atoms with Crippen LogP contribution >= 0.6 is 0 Å². The predicted octanol–water partition coefficient (Wildman–Crippen LogP) is 1.44. The lowest BCUT2D eigenvalue weighted by Gasteiger charge is -2.22. The van der Waals surface area contributed by atoms with Crippen molar-refractivity contribution in [1.82, 2.24) is 24.6 Å². The van der Waals surface area contributed by atoms with E-state index in [-0.39, 0.29) is 5.82 Å². The highest BCUT2D eigenvalue weighted by molar-refractivity contribution is 5.79. The molecule has 0 unspecified atom stereocenters. The standard InChI is InChI=1S/C15H21FN6/c1-20(2)15(21(3)4)17-9-14-18-11-22(19-14)10-12-6-5-7-13(16)8-12/h5-8,11H,9-10H2,1-4H3. The lowest BCUT2D eigenvalue weighted by molar-refractivity contribution is 0.478. The molecule has 0 aliphatic rings. The van der Waals surface area contributed by atoms with Gasteiger partial charge in [-0.2, -0.15) is 5.10 Å². The molecule has 0 aliphatic heterocycles. The minimum atomic E-state index is -0.246. The summed E-state index contributed by atoms with van der Waals surface area (Å²) in [4.78, 5) is 12.6. The number of benzene rings is 1. The Morgan fingerprint density at radius 2 is 1.95 bits per heavy atom. The van der Waals surface area contributed by atoms with Crippen molar-refractivity contribution < 1.29 is 4.39 Å². The summed E-state index contributed by atoms with van der Waals surface area (Å²) in [6.07, 6.45) is 1.64. The van der Waals surface area contributed by atoms with Crippen LogP contribution in [-0.4, -0.2) is 58.7 Å². The lowest BCUT2D eigenvalue weighted by Crippen LogP contribution is -2.35. The molecular formula is C15H21FN6. The number of hydrogen-bond acceptors (Lipinski definition) is 3. The largest absolute Gasteiger partial charge is 0.349 e. The fraction of sp³-hybridized carbons (Fsp3) is 0.400. The third kappa shape index (κ3) is 4.28. The van der Waals surface area contributed by atoms with E-state index in [4.69, 9.17) is 0 Å². The molecule has 1 aromatic carbocycles. The lowest BCUT2D eigenvalue weighted by atomic mass is 10.2. The Kier molecular flexibility index (Phi) is 5.08. The molecule has 0 fully saturated rings. The number of halogens is 1. The van der Waals surface area contributed by atoms with Gasteiger partial charge in [-0.1, -0.05) is 12.1 Å². The van der Waals surface area contributed by atoms with Crippen LogP contribution in [0.5, 0.6) is 0 Å². The second kappa shape index (κ2) is 7.02. The molecule has 0 amide bonds. The molecule has 118 valence electrons. The highest BCUT2D eigenvalue weighted by atomic mass is 19.1. The Bertz CT molecular complexity index is 637. The molecular weight excluding hydrogens is 283 g/mol. The van der Waals surface area contributed by atoms with Crippen molar-refractivity contribution in [3.63, 3.8) is 0 Å². The summed E-state index contributed by atoms with van der Waals surface area (Å²) in [5.41, 5.74) is 0.849. The molecule has 2 aromatic rings. The van der Waals surface area contributed by atoms with Crippen LogP contribution in [0.25, 0.3) is 0 Å². The Morgan fingerprint density at radius 1 is 1.23 bits per heavy atom. The first-order valence-corrected chi connectivity index (χ1v) is 6.97. The average Bonchev–Trinajstić information content (AvgIpc) is 2.85.